The van der Waals surface area contributed by atoms with Crippen LogP contribution in [0.3, 0.4) is 0 Å². The van der Waals surface area contributed by atoms with E-state index in [1.165, 1.54) is 0 Å². The highest BCUT2D eigenvalue weighted by molar-refractivity contribution is 7.92. The van der Waals surface area contributed by atoms with Crippen molar-refractivity contribution in [3.8, 4) is 0 Å². The molecule has 0 aliphatic heterocycles. The molecule has 2 N–H and O–H groups in total. The van der Waals surface area contributed by atoms with Crippen LogP contribution in [0.15, 0.2) is 35.2 Å². The van der Waals surface area contributed by atoms with Gasteiger partial charge in [0, 0.05) is 0 Å². The predicted octanol–water partition coefficient (Wildman–Crippen LogP) is 7.82. The molecule has 1 aromatic rings. The maximum Gasteiger partial charge on any atom is 0.417 e. The first-order chi connectivity index (χ1) is 19.5. The summed E-state index contributed by atoms with van der Waals surface area (Å²) in [7, 11) is -3.68. The lowest BCUT2D eigenvalue weighted by molar-refractivity contribution is -0.290. The van der Waals surface area contributed by atoms with Gasteiger partial charge in [0.25, 0.3) is 0 Å². The fourth-order valence-electron chi connectivity index (χ4n) is 10.6. The zero-order valence-electron chi connectivity index (χ0n) is 25.9. The highest BCUT2D eigenvalue weighted by Crippen LogP contribution is 2.69. The normalized spacial score (nSPS) is 41.0. The summed E-state index contributed by atoms with van der Waals surface area (Å²) in [5.41, 5.74) is -2.81. The van der Waals surface area contributed by atoms with E-state index in [2.05, 4.69) is 20.8 Å². The number of hydrogen-bond donors (Lipinski definition) is 2. The Labute approximate surface area is 250 Å². The zero-order chi connectivity index (χ0) is 30.9. The molecule has 0 aromatic heterocycles. The Morgan fingerprint density at radius 2 is 1.55 bits per heavy atom. The average molecular weight is 613 g/mol. The molecule has 5 rings (SSSR count). The second-order valence-corrected chi connectivity index (χ2v) is 17.6. The van der Waals surface area contributed by atoms with Crippen LogP contribution in [0.1, 0.15) is 98.8 Å². The number of aliphatic hydroxyl groups is 2. The van der Waals surface area contributed by atoms with Gasteiger partial charge in [0.05, 0.1) is 16.2 Å². The van der Waals surface area contributed by atoms with E-state index in [1.54, 1.807) is 24.3 Å². The fourth-order valence-corrected chi connectivity index (χ4v) is 12.7. The molecule has 8 heteroatoms. The lowest BCUT2D eigenvalue weighted by Gasteiger charge is -2.62. The quantitative estimate of drug-likeness (QED) is 0.329. The Hall–Kier alpha value is -1.12. The van der Waals surface area contributed by atoms with Crippen molar-refractivity contribution < 1.29 is 31.8 Å². The summed E-state index contributed by atoms with van der Waals surface area (Å²) in [4.78, 5) is 0.309. The van der Waals surface area contributed by atoms with E-state index in [0.29, 0.717) is 35.5 Å². The van der Waals surface area contributed by atoms with Gasteiger partial charge in [0.2, 0.25) is 0 Å². The van der Waals surface area contributed by atoms with E-state index in [-0.39, 0.29) is 53.8 Å². The van der Waals surface area contributed by atoms with Crippen molar-refractivity contribution in [2.45, 2.75) is 127 Å². The van der Waals surface area contributed by atoms with Crippen LogP contribution in [0.4, 0.5) is 13.2 Å². The number of aliphatic hydroxyl groups excluding tert-OH is 1. The highest BCUT2D eigenvalue weighted by atomic mass is 32.2. The number of halogens is 3. The van der Waals surface area contributed by atoms with Crippen molar-refractivity contribution >= 4 is 9.84 Å². The van der Waals surface area contributed by atoms with Crippen LogP contribution in [0, 0.1) is 52.3 Å². The molecule has 0 radical (unpaired) electrons. The smallest absolute Gasteiger partial charge is 0.393 e. The molecule has 1 unspecified atom stereocenters. The fraction of sp³-hybridized carbons (Fsp3) is 0.824. The van der Waals surface area contributed by atoms with Crippen molar-refractivity contribution in [2.24, 2.45) is 52.3 Å². The van der Waals surface area contributed by atoms with Crippen LogP contribution in [-0.4, -0.2) is 41.8 Å². The Morgan fingerprint density at radius 1 is 0.905 bits per heavy atom. The maximum atomic E-state index is 14.1. The molecule has 0 bridgehead atoms. The van der Waals surface area contributed by atoms with E-state index in [9.17, 15) is 31.8 Å². The van der Waals surface area contributed by atoms with Crippen LogP contribution in [0.5, 0.6) is 0 Å². The van der Waals surface area contributed by atoms with Crippen LogP contribution in [-0.2, 0) is 9.84 Å². The number of alkyl halides is 3. The lowest BCUT2D eigenvalue weighted by atomic mass is 9.43. The second-order valence-electron chi connectivity index (χ2n) is 15.4. The third-order valence-corrected chi connectivity index (χ3v) is 15.6. The van der Waals surface area contributed by atoms with Crippen molar-refractivity contribution in [1.29, 1.82) is 0 Å². The largest absolute Gasteiger partial charge is 0.417 e. The number of fused-ring (bicyclic) bond motifs is 5. The SMILES string of the molecule is CC(C)[C@@H](O)CC([C@@H](C)[C@H]1CC[C@H]2[C@@H]3CC[C@H]4C[C@](O)(C(F)(F)F)CC[C@]4(C)[C@H]3CC[C@]12C)S(=O)(=O)c1ccccc1. The van der Waals surface area contributed by atoms with E-state index < -0.39 is 33.0 Å². The van der Waals surface area contributed by atoms with E-state index >= 15 is 0 Å². The third-order valence-electron chi connectivity index (χ3n) is 13.3. The van der Waals surface area contributed by atoms with Gasteiger partial charge in [-0.1, -0.05) is 52.8 Å². The lowest BCUT2D eigenvalue weighted by Crippen LogP contribution is -2.59. The van der Waals surface area contributed by atoms with Crippen molar-refractivity contribution in [1.82, 2.24) is 0 Å². The number of benzene rings is 1. The Balaban J connectivity index is 1.40. The summed E-state index contributed by atoms with van der Waals surface area (Å²) in [6.07, 6.45) is 0.367. The van der Waals surface area contributed by atoms with Crippen LogP contribution in [0.25, 0.3) is 0 Å². The van der Waals surface area contributed by atoms with Gasteiger partial charge in [-0.15, -0.1) is 0 Å². The third kappa shape index (κ3) is 5.17. The first-order valence-corrected chi connectivity index (χ1v) is 17.8. The molecule has 238 valence electrons. The molecule has 4 fully saturated rings. The number of sulfone groups is 1. The van der Waals surface area contributed by atoms with Gasteiger partial charge < -0.3 is 10.2 Å². The van der Waals surface area contributed by atoms with E-state index in [4.69, 9.17) is 0 Å². The minimum Gasteiger partial charge on any atom is -0.393 e. The first-order valence-electron chi connectivity index (χ1n) is 16.2. The molecule has 4 aliphatic rings. The second kappa shape index (κ2) is 11.0. The molecule has 0 saturated heterocycles. The molecule has 4 aliphatic carbocycles. The average Bonchev–Trinajstić information content (AvgIpc) is 3.28. The molecular weight excluding hydrogens is 561 g/mol. The standard InChI is InChI=1S/C34H51F3O4S/c1-21(2)29(38)19-30(42(40,41)24-9-7-6-8-10-24)22(3)26-13-14-27-25-12-11-23-20-33(39,34(35,36)37)18-17-31(23,4)28(25)15-16-32(26,27)5/h6-10,21-23,25-30,38-39H,11-20H2,1-5H3/t22-,23-,25-,26+,27-,28-,29-,30?,31-,32+,33-/m0/s1. The van der Waals surface area contributed by atoms with Crippen molar-refractivity contribution in [3.63, 3.8) is 0 Å². The van der Waals surface area contributed by atoms with Gasteiger partial charge in [-0.2, -0.15) is 13.2 Å². The molecule has 0 heterocycles. The minimum atomic E-state index is -4.59. The summed E-state index contributed by atoms with van der Waals surface area (Å²) < 4.78 is 69.5. The zero-order valence-corrected chi connectivity index (χ0v) is 26.7. The molecular formula is C34H51F3O4S. The molecule has 0 amide bonds. The van der Waals surface area contributed by atoms with Gasteiger partial charge in [0.1, 0.15) is 0 Å². The van der Waals surface area contributed by atoms with Gasteiger partial charge in [-0.3, -0.25) is 0 Å². The summed E-state index contributed by atoms with van der Waals surface area (Å²) in [5.74, 6) is 1.06. The summed E-state index contributed by atoms with van der Waals surface area (Å²) >= 11 is 0. The minimum absolute atomic E-state index is 0.0433. The van der Waals surface area contributed by atoms with E-state index in [1.807, 2.05) is 19.9 Å². The Morgan fingerprint density at radius 3 is 2.17 bits per heavy atom. The van der Waals surface area contributed by atoms with Gasteiger partial charge >= 0.3 is 6.18 Å². The van der Waals surface area contributed by atoms with E-state index in [0.717, 1.165) is 32.1 Å². The van der Waals surface area contributed by atoms with Crippen molar-refractivity contribution in [3.05, 3.63) is 30.3 Å². The van der Waals surface area contributed by atoms with Crippen LogP contribution < -0.4 is 0 Å². The molecule has 42 heavy (non-hydrogen) atoms. The van der Waals surface area contributed by atoms with Gasteiger partial charge in [-0.25, -0.2) is 8.42 Å². The van der Waals surface area contributed by atoms with Crippen LogP contribution in [0.2, 0.25) is 0 Å². The maximum absolute atomic E-state index is 14.1. The summed E-state index contributed by atoms with van der Waals surface area (Å²) in [6.45, 7) is 10.5. The number of rotatable bonds is 7. The van der Waals surface area contributed by atoms with Gasteiger partial charge in [0.15, 0.2) is 15.4 Å². The topological polar surface area (TPSA) is 74.6 Å². The van der Waals surface area contributed by atoms with Crippen LogP contribution >= 0.6 is 0 Å². The molecule has 4 nitrogen and oxygen atoms in total. The van der Waals surface area contributed by atoms with Gasteiger partial charge in [-0.05, 0) is 129 Å². The predicted molar refractivity (Wildman–Crippen MR) is 158 cm³/mol. The Bertz CT molecular complexity index is 1220. The molecule has 11 atom stereocenters. The summed E-state index contributed by atoms with van der Waals surface area (Å²) in [5, 5.41) is 20.8. The summed E-state index contributed by atoms with van der Waals surface area (Å²) in [6, 6.07) is 8.63. The molecule has 0 spiro atoms. The molecule has 4 saturated carbocycles. The number of hydrogen-bond acceptors (Lipinski definition) is 4. The Kier molecular flexibility index (Phi) is 8.49. The first kappa shape index (κ1) is 32.3. The monoisotopic (exact) mass is 612 g/mol. The highest BCUT2D eigenvalue weighted by Gasteiger charge is 2.65. The molecule has 1 aromatic carbocycles. The van der Waals surface area contributed by atoms with Crippen molar-refractivity contribution in [2.75, 3.05) is 0 Å².